The molecule has 146 valence electrons. The molecule has 0 saturated carbocycles. The zero-order chi connectivity index (χ0) is 20.5. The second-order valence-corrected chi connectivity index (χ2v) is 7.34. The van der Waals surface area contributed by atoms with E-state index in [-0.39, 0.29) is 16.9 Å². The minimum Gasteiger partial charge on any atom is -0.332 e. The number of anilines is 2. The van der Waals surface area contributed by atoms with Gasteiger partial charge in [-0.2, -0.15) is 0 Å². The van der Waals surface area contributed by atoms with Crippen LogP contribution in [0.5, 0.6) is 0 Å². The van der Waals surface area contributed by atoms with Gasteiger partial charge in [-0.15, -0.1) is 0 Å². The van der Waals surface area contributed by atoms with Crippen molar-refractivity contribution in [3.05, 3.63) is 65.2 Å². The summed E-state index contributed by atoms with van der Waals surface area (Å²) in [4.78, 5) is 23.8. The van der Waals surface area contributed by atoms with Crippen molar-refractivity contribution in [1.29, 1.82) is 0 Å². The third kappa shape index (κ3) is 7.50. The van der Waals surface area contributed by atoms with E-state index in [0.29, 0.717) is 28.7 Å². The molecular formula is C21H22ClN3O2S. The van der Waals surface area contributed by atoms with Crippen LogP contribution in [0.1, 0.15) is 25.8 Å². The van der Waals surface area contributed by atoms with Crippen LogP contribution in [0.4, 0.5) is 11.4 Å². The van der Waals surface area contributed by atoms with E-state index in [9.17, 15) is 9.59 Å². The lowest BCUT2D eigenvalue weighted by Crippen LogP contribution is -2.32. The molecular weight excluding hydrogens is 394 g/mol. The van der Waals surface area contributed by atoms with Crippen LogP contribution in [-0.2, 0) is 9.59 Å². The van der Waals surface area contributed by atoms with Crippen LogP contribution < -0.4 is 16.0 Å². The van der Waals surface area contributed by atoms with Crippen molar-refractivity contribution < 1.29 is 9.59 Å². The van der Waals surface area contributed by atoms with Gasteiger partial charge >= 0.3 is 0 Å². The third-order valence-electron chi connectivity index (χ3n) is 3.58. The second-order valence-electron chi connectivity index (χ2n) is 6.52. The molecule has 2 rings (SSSR count). The molecule has 3 N–H and O–H groups in total. The van der Waals surface area contributed by atoms with E-state index in [0.717, 1.165) is 5.56 Å². The number of amides is 2. The molecule has 7 heteroatoms. The summed E-state index contributed by atoms with van der Waals surface area (Å²) in [5.41, 5.74) is 2.14. The van der Waals surface area contributed by atoms with Crippen molar-refractivity contribution in [2.75, 3.05) is 10.6 Å². The zero-order valence-corrected chi connectivity index (χ0v) is 17.2. The molecule has 0 unspecified atom stereocenters. The van der Waals surface area contributed by atoms with Crippen molar-refractivity contribution in [2.45, 2.75) is 20.3 Å². The number of nitrogens with one attached hydrogen (secondary N) is 3. The molecule has 0 radical (unpaired) electrons. The summed E-state index contributed by atoms with van der Waals surface area (Å²) >= 11 is 11.2. The van der Waals surface area contributed by atoms with E-state index in [1.807, 2.05) is 32.0 Å². The molecule has 0 heterocycles. The minimum atomic E-state index is -0.366. The Morgan fingerprint density at radius 2 is 1.64 bits per heavy atom. The van der Waals surface area contributed by atoms with Gasteiger partial charge in [0, 0.05) is 28.9 Å². The second kappa shape index (κ2) is 10.6. The zero-order valence-electron chi connectivity index (χ0n) is 15.7. The van der Waals surface area contributed by atoms with Gasteiger partial charge in [0.05, 0.1) is 0 Å². The Hall–Kier alpha value is -2.70. The van der Waals surface area contributed by atoms with E-state index in [1.54, 1.807) is 36.4 Å². The number of rotatable bonds is 6. The molecule has 2 aromatic rings. The average Bonchev–Trinajstić information content (AvgIpc) is 2.62. The lowest BCUT2D eigenvalue weighted by Gasteiger charge is -2.10. The van der Waals surface area contributed by atoms with E-state index in [1.165, 1.54) is 6.08 Å². The minimum absolute atomic E-state index is 0.0243. The van der Waals surface area contributed by atoms with Crippen LogP contribution in [0.2, 0.25) is 5.02 Å². The van der Waals surface area contributed by atoms with E-state index < -0.39 is 0 Å². The van der Waals surface area contributed by atoms with E-state index >= 15 is 0 Å². The average molecular weight is 416 g/mol. The highest BCUT2D eigenvalue weighted by atomic mass is 35.5. The molecule has 2 aromatic carbocycles. The fraction of sp³-hybridized carbons (Fsp3) is 0.190. The van der Waals surface area contributed by atoms with Crippen molar-refractivity contribution in [3.63, 3.8) is 0 Å². The largest absolute Gasteiger partial charge is 0.332 e. The number of carbonyl (C=O) groups is 2. The Morgan fingerprint density at radius 1 is 1.04 bits per heavy atom. The maximum atomic E-state index is 12.0. The van der Waals surface area contributed by atoms with Gasteiger partial charge in [0.25, 0.3) is 0 Å². The first kappa shape index (κ1) is 21.6. The SMILES string of the molecule is CC(C)CC(=O)Nc1ccc(NC(=S)NC(=O)/C=C/c2ccccc2Cl)cc1. The number of halogens is 1. The van der Waals surface area contributed by atoms with Crippen LogP contribution in [0, 0.1) is 5.92 Å². The first-order valence-electron chi connectivity index (χ1n) is 8.78. The molecule has 0 bridgehead atoms. The number of carbonyl (C=O) groups excluding carboxylic acids is 2. The smallest absolute Gasteiger partial charge is 0.250 e. The molecule has 0 spiro atoms. The van der Waals surface area contributed by atoms with Gasteiger partial charge in [0.1, 0.15) is 0 Å². The fourth-order valence-corrected chi connectivity index (χ4v) is 2.73. The highest BCUT2D eigenvalue weighted by molar-refractivity contribution is 7.80. The van der Waals surface area contributed by atoms with Gasteiger partial charge in [-0.05, 0) is 60.1 Å². The lowest BCUT2D eigenvalue weighted by molar-refractivity contribution is -0.117. The van der Waals surface area contributed by atoms with Gasteiger partial charge in [0.15, 0.2) is 5.11 Å². The van der Waals surface area contributed by atoms with Gasteiger partial charge < -0.3 is 10.6 Å². The number of hydrogen-bond donors (Lipinski definition) is 3. The molecule has 0 saturated heterocycles. The Balaban J connectivity index is 1.84. The van der Waals surface area contributed by atoms with Crippen LogP contribution in [0.15, 0.2) is 54.6 Å². The molecule has 0 fully saturated rings. The van der Waals surface area contributed by atoms with Crippen LogP contribution in [-0.4, -0.2) is 16.9 Å². The maximum absolute atomic E-state index is 12.0. The standard InChI is InChI=1S/C21H22ClN3O2S/c1-14(2)13-20(27)23-16-8-10-17(11-9-16)24-21(28)25-19(26)12-7-15-5-3-4-6-18(15)22/h3-12,14H,13H2,1-2H3,(H,23,27)(H2,24,25,26,28)/b12-7+. The van der Waals surface area contributed by atoms with Crippen LogP contribution in [0.3, 0.4) is 0 Å². The fourth-order valence-electron chi connectivity index (χ4n) is 2.31. The summed E-state index contributed by atoms with van der Waals surface area (Å²) in [6.07, 6.45) is 3.45. The molecule has 0 aliphatic rings. The van der Waals surface area contributed by atoms with Crippen molar-refractivity contribution in [3.8, 4) is 0 Å². The summed E-state index contributed by atoms with van der Waals surface area (Å²) in [5.74, 6) is -0.0901. The summed E-state index contributed by atoms with van der Waals surface area (Å²) < 4.78 is 0. The van der Waals surface area contributed by atoms with Gasteiger partial charge in [-0.25, -0.2) is 0 Å². The molecule has 28 heavy (non-hydrogen) atoms. The van der Waals surface area contributed by atoms with Crippen LogP contribution in [0.25, 0.3) is 6.08 Å². The summed E-state index contributed by atoms with van der Waals surface area (Å²) in [7, 11) is 0. The monoisotopic (exact) mass is 415 g/mol. The molecule has 0 aromatic heterocycles. The summed E-state index contributed by atoms with van der Waals surface area (Å²) in [5, 5.41) is 9.06. The summed E-state index contributed by atoms with van der Waals surface area (Å²) in [6, 6.07) is 14.3. The number of thiocarbonyl (C=S) groups is 1. The van der Waals surface area contributed by atoms with Crippen LogP contribution >= 0.6 is 23.8 Å². The highest BCUT2D eigenvalue weighted by Gasteiger charge is 2.06. The van der Waals surface area contributed by atoms with Gasteiger partial charge in [-0.1, -0.05) is 43.6 Å². The number of hydrogen-bond acceptors (Lipinski definition) is 3. The van der Waals surface area contributed by atoms with Gasteiger partial charge in [0.2, 0.25) is 11.8 Å². The molecule has 2 amide bonds. The first-order valence-corrected chi connectivity index (χ1v) is 9.56. The normalized spacial score (nSPS) is 10.7. The Bertz CT molecular complexity index is 879. The quantitative estimate of drug-likeness (QED) is 0.466. The maximum Gasteiger partial charge on any atom is 0.250 e. The topological polar surface area (TPSA) is 70.2 Å². The lowest BCUT2D eigenvalue weighted by atomic mass is 10.1. The van der Waals surface area contributed by atoms with Crippen molar-refractivity contribution in [1.82, 2.24) is 5.32 Å². The predicted molar refractivity (Wildman–Crippen MR) is 119 cm³/mol. The van der Waals surface area contributed by atoms with Crippen molar-refractivity contribution in [2.24, 2.45) is 5.92 Å². The first-order chi connectivity index (χ1) is 13.3. The van der Waals surface area contributed by atoms with E-state index in [2.05, 4.69) is 16.0 Å². The Kier molecular flexibility index (Phi) is 8.17. The third-order valence-corrected chi connectivity index (χ3v) is 4.12. The van der Waals surface area contributed by atoms with Crippen molar-refractivity contribution >= 4 is 58.2 Å². The van der Waals surface area contributed by atoms with Gasteiger partial charge in [-0.3, -0.25) is 14.9 Å². The molecule has 0 aliphatic heterocycles. The summed E-state index contributed by atoms with van der Waals surface area (Å²) in [6.45, 7) is 3.98. The molecule has 0 aliphatic carbocycles. The Morgan fingerprint density at radius 3 is 2.25 bits per heavy atom. The Labute approximate surface area is 175 Å². The highest BCUT2D eigenvalue weighted by Crippen LogP contribution is 2.16. The molecule has 0 atom stereocenters. The number of benzene rings is 2. The molecule has 5 nitrogen and oxygen atoms in total. The van der Waals surface area contributed by atoms with E-state index in [4.69, 9.17) is 23.8 Å². The predicted octanol–water partition coefficient (Wildman–Crippen LogP) is 4.85.